The maximum atomic E-state index is 11.9. The van der Waals surface area contributed by atoms with Gasteiger partial charge in [-0.25, -0.2) is 0 Å². The van der Waals surface area contributed by atoms with Crippen LogP contribution in [0, 0.1) is 0 Å². The Morgan fingerprint density at radius 1 is 1.35 bits per heavy atom. The molecule has 3 atom stereocenters. The smallest absolute Gasteiger partial charge is 0.312 e. The minimum atomic E-state index is -0.513. The van der Waals surface area contributed by atoms with Crippen LogP contribution in [0.5, 0.6) is 0 Å². The minimum Gasteiger partial charge on any atom is -0.372 e. The molecule has 1 N–H and O–H groups in total. The summed E-state index contributed by atoms with van der Waals surface area (Å²) in [4.78, 5) is 25.1. The molecule has 17 heavy (non-hydrogen) atoms. The Labute approximate surface area is 102 Å². The molecule has 5 nitrogen and oxygen atoms in total. The van der Waals surface area contributed by atoms with Crippen molar-refractivity contribution < 1.29 is 14.3 Å². The molecule has 98 valence electrons. The second kappa shape index (κ2) is 6.00. The second-order valence-corrected chi connectivity index (χ2v) is 4.75. The largest absolute Gasteiger partial charge is 0.372 e. The first kappa shape index (κ1) is 14.0. The SMILES string of the molecule is CCC(C)NC(=O)C(=O)N1CC(C)OC(C)C1. The first-order chi connectivity index (χ1) is 7.93. The van der Waals surface area contributed by atoms with Crippen LogP contribution in [0.1, 0.15) is 34.1 Å². The third-order valence-electron chi connectivity index (χ3n) is 2.89. The van der Waals surface area contributed by atoms with E-state index in [0.717, 1.165) is 6.42 Å². The molecule has 1 heterocycles. The van der Waals surface area contributed by atoms with Crippen LogP contribution in [0.4, 0.5) is 0 Å². The monoisotopic (exact) mass is 242 g/mol. The maximum absolute atomic E-state index is 11.9. The van der Waals surface area contributed by atoms with Crippen LogP contribution in [0.2, 0.25) is 0 Å². The zero-order valence-corrected chi connectivity index (χ0v) is 11.0. The van der Waals surface area contributed by atoms with Crippen LogP contribution in [0.25, 0.3) is 0 Å². The number of ether oxygens (including phenoxy) is 1. The molecule has 1 saturated heterocycles. The van der Waals surface area contributed by atoms with E-state index in [4.69, 9.17) is 4.74 Å². The van der Waals surface area contributed by atoms with Gasteiger partial charge in [0, 0.05) is 19.1 Å². The molecule has 0 aromatic rings. The lowest BCUT2D eigenvalue weighted by Gasteiger charge is -2.35. The van der Waals surface area contributed by atoms with Crippen molar-refractivity contribution in [1.82, 2.24) is 10.2 Å². The fourth-order valence-electron chi connectivity index (χ4n) is 1.87. The molecule has 0 aliphatic carbocycles. The average molecular weight is 242 g/mol. The zero-order chi connectivity index (χ0) is 13.0. The van der Waals surface area contributed by atoms with Crippen LogP contribution in [0.15, 0.2) is 0 Å². The highest BCUT2D eigenvalue weighted by Gasteiger charge is 2.29. The molecule has 1 aliphatic rings. The van der Waals surface area contributed by atoms with Gasteiger partial charge in [-0.1, -0.05) is 6.92 Å². The summed E-state index contributed by atoms with van der Waals surface area (Å²) in [7, 11) is 0. The summed E-state index contributed by atoms with van der Waals surface area (Å²) >= 11 is 0. The number of nitrogens with one attached hydrogen (secondary N) is 1. The lowest BCUT2D eigenvalue weighted by Crippen LogP contribution is -2.53. The van der Waals surface area contributed by atoms with Gasteiger partial charge in [0.1, 0.15) is 0 Å². The molecule has 0 aromatic carbocycles. The first-order valence-electron chi connectivity index (χ1n) is 6.19. The van der Waals surface area contributed by atoms with Gasteiger partial charge in [-0.3, -0.25) is 9.59 Å². The molecule has 0 aromatic heterocycles. The molecule has 0 saturated carbocycles. The van der Waals surface area contributed by atoms with Crippen LogP contribution in [-0.2, 0) is 14.3 Å². The zero-order valence-electron chi connectivity index (χ0n) is 11.0. The normalized spacial score (nSPS) is 26.5. The second-order valence-electron chi connectivity index (χ2n) is 4.75. The Kier molecular flexibility index (Phi) is 4.93. The van der Waals surface area contributed by atoms with E-state index in [1.165, 1.54) is 0 Å². The van der Waals surface area contributed by atoms with E-state index in [1.807, 2.05) is 27.7 Å². The van der Waals surface area contributed by atoms with Crippen LogP contribution in [-0.4, -0.2) is 48.1 Å². The van der Waals surface area contributed by atoms with Crippen LogP contribution < -0.4 is 5.32 Å². The fourth-order valence-corrected chi connectivity index (χ4v) is 1.87. The van der Waals surface area contributed by atoms with Gasteiger partial charge in [0.25, 0.3) is 0 Å². The van der Waals surface area contributed by atoms with E-state index in [2.05, 4.69) is 5.32 Å². The maximum Gasteiger partial charge on any atom is 0.312 e. The molecule has 5 heteroatoms. The number of carbonyl (C=O) groups excluding carboxylic acids is 2. The van der Waals surface area contributed by atoms with Gasteiger partial charge in [0.15, 0.2) is 0 Å². The number of hydrogen-bond donors (Lipinski definition) is 1. The van der Waals surface area contributed by atoms with Gasteiger partial charge >= 0.3 is 11.8 Å². The molecule has 1 aliphatic heterocycles. The van der Waals surface area contributed by atoms with E-state index in [-0.39, 0.29) is 18.2 Å². The molecular weight excluding hydrogens is 220 g/mol. The summed E-state index contributed by atoms with van der Waals surface area (Å²) in [5, 5.41) is 2.69. The molecule has 0 spiro atoms. The average Bonchev–Trinajstić information content (AvgIpc) is 2.26. The molecule has 1 rings (SSSR count). The summed E-state index contributed by atoms with van der Waals surface area (Å²) < 4.78 is 5.52. The van der Waals surface area contributed by atoms with Crippen LogP contribution in [0.3, 0.4) is 0 Å². The Hall–Kier alpha value is -1.10. The molecule has 2 amide bonds. The van der Waals surface area contributed by atoms with E-state index >= 15 is 0 Å². The van der Waals surface area contributed by atoms with Crippen molar-refractivity contribution in [3.63, 3.8) is 0 Å². The Morgan fingerprint density at radius 3 is 2.35 bits per heavy atom. The molecular formula is C12H22N2O3. The van der Waals surface area contributed by atoms with Crippen molar-refractivity contribution >= 4 is 11.8 Å². The van der Waals surface area contributed by atoms with Gasteiger partial charge in [-0.05, 0) is 27.2 Å². The number of amides is 2. The summed E-state index contributed by atoms with van der Waals surface area (Å²) in [5.74, 6) is -0.965. The predicted octanol–water partition coefficient (Wildman–Crippen LogP) is 0.537. The summed E-state index contributed by atoms with van der Waals surface area (Å²) in [6.07, 6.45) is 0.785. The molecule has 0 radical (unpaired) electrons. The van der Waals surface area contributed by atoms with Crippen molar-refractivity contribution in [2.24, 2.45) is 0 Å². The van der Waals surface area contributed by atoms with Crippen molar-refractivity contribution in [1.29, 1.82) is 0 Å². The highest BCUT2D eigenvalue weighted by atomic mass is 16.5. The summed E-state index contributed by atoms with van der Waals surface area (Å²) in [6, 6.07) is 0.0299. The van der Waals surface area contributed by atoms with Crippen molar-refractivity contribution in [3.05, 3.63) is 0 Å². The van der Waals surface area contributed by atoms with Gasteiger partial charge in [0.05, 0.1) is 12.2 Å². The third kappa shape index (κ3) is 4.00. The van der Waals surface area contributed by atoms with Crippen molar-refractivity contribution in [3.8, 4) is 0 Å². The van der Waals surface area contributed by atoms with Crippen molar-refractivity contribution in [2.45, 2.75) is 52.4 Å². The quantitative estimate of drug-likeness (QED) is 0.719. The standard InChI is InChI=1S/C12H22N2O3/c1-5-8(2)13-11(15)12(16)14-6-9(3)17-10(4)7-14/h8-10H,5-7H2,1-4H3,(H,13,15). The summed E-state index contributed by atoms with van der Waals surface area (Å²) in [5.41, 5.74) is 0. The lowest BCUT2D eigenvalue weighted by molar-refractivity contribution is -0.153. The Balaban J connectivity index is 2.54. The highest BCUT2D eigenvalue weighted by molar-refractivity contribution is 6.35. The third-order valence-corrected chi connectivity index (χ3v) is 2.89. The first-order valence-corrected chi connectivity index (χ1v) is 6.19. The van der Waals surface area contributed by atoms with Crippen molar-refractivity contribution in [2.75, 3.05) is 13.1 Å². The molecule has 1 fully saturated rings. The number of morpholine rings is 1. The van der Waals surface area contributed by atoms with Crippen LogP contribution >= 0.6 is 0 Å². The van der Waals surface area contributed by atoms with E-state index < -0.39 is 11.8 Å². The van der Waals surface area contributed by atoms with E-state index in [9.17, 15) is 9.59 Å². The number of carbonyl (C=O) groups is 2. The summed E-state index contributed by atoms with van der Waals surface area (Å²) in [6.45, 7) is 8.63. The van der Waals surface area contributed by atoms with E-state index in [1.54, 1.807) is 4.90 Å². The molecule has 3 unspecified atom stereocenters. The Bertz CT molecular complexity index is 283. The lowest BCUT2D eigenvalue weighted by atomic mass is 10.2. The fraction of sp³-hybridized carbons (Fsp3) is 0.833. The number of rotatable bonds is 2. The van der Waals surface area contributed by atoms with Gasteiger partial charge in [-0.15, -0.1) is 0 Å². The minimum absolute atomic E-state index is 0.0147. The van der Waals surface area contributed by atoms with Gasteiger partial charge < -0.3 is 15.0 Å². The topological polar surface area (TPSA) is 58.6 Å². The van der Waals surface area contributed by atoms with E-state index in [0.29, 0.717) is 13.1 Å². The Morgan fingerprint density at radius 2 is 1.88 bits per heavy atom. The molecule has 0 bridgehead atoms. The van der Waals surface area contributed by atoms with Gasteiger partial charge in [-0.2, -0.15) is 0 Å². The number of nitrogens with zero attached hydrogens (tertiary/aromatic N) is 1. The predicted molar refractivity (Wildman–Crippen MR) is 64.5 cm³/mol. The van der Waals surface area contributed by atoms with Gasteiger partial charge in [0.2, 0.25) is 0 Å². The highest BCUT2D eigenvalue weighted by Crippen LogP contribution is 2.10. The number of hydrogen-bond acceptors (Lipinski definition) is 3.